The van der Waals surface area contributed by atoms with E-state index >= 15 is 0 Å². The van der Waals surface area contributed by atoms with Crippen LogP contribution in [0.4, 0.5) is 4.79 Å². The fourth-order valence-corrected chi connectivity index (χ4v) is 2.49. The summed E-state index contributed by atoms with van der Waals surface area (Å²) in [5.41, 5.74) is -0.481. The first-order chi connectivity index (χ1) is 8.06. The van der Waals surface area contributed by atoms with Gasteiger partial charge in [0.2, 0.25) is 0 Å². The van der Waals surface area contributed by atoms with Crippen LogP contribution < -0.4 is 5.32 Å². The third-order valence-corrected chi connectivity index (χ3v) is 3.76. The molecular weight excluding hydrogens is 220 g/mol. The number of carboxylic acid groups (broad SMARTS) is 1. The maximum Gasteiger partial charge on any atom is 0.318 e. The normalized spacial score (nSPS) is 21.5. The zero-order chi connectivity index (χ0) is 12.5. The lowest BCUT2D eigenvalue weighted by molar-refractivity contribution is -0.139. The Bertz CT molecular complexity index is 322. The van der Waals surface area contributed by atoms with Crippen LogP contribution in [0.2, 0.25) is 0 Å². The van der Waals surface area contributed by atoms with Crippen LogP contribution in [-0.4, -0.2) is 40.1 Å². The van der Waals surface area contributed by atoms with E-state index in [4.69, 9.17) is 5.11 Å². The number of carbonyl (C=O) groups excluding carboxylic acids is 1. The van der Waals surface area contributed by atoms with Crippen LogP contribution in [0.1, 0.15) is 45.4 Å². The van der Waals surface area contributed by atoms with Gasteiger partial charge in [-0.3, -0.25) is 4.79 Å². The molecule has 0 spiro atoms. The van der Waals surface area contributed by atoms with Crippen LogP contribution in [0.25, 0.3) is 0 Å². The smallest absolute Gasteiger partial charge is 0.318 e. The molecule has 0 aliphatic heterocycles. The molecule has 5 nitrogen and oxygen atoms in total. The molecule has 0 aromatic heterocycles. The van der Waals surface area contributed by atoms with Gasteiger partial charge in [0.15, 0.2) is 0 Å². The van der Waals surface area contributed by atoms with E-state index in [1.165, 1.54) is 0 Å². The quantitative estimate of drug-likeness (QED) is 0.766. The third kappa shape index (κ3) is 2.70. The highest BCUT2D eigenvalue weighted by atomic mass is 16.4. The molecule has 2 rings (SSSR count). The molecule has 17 heavy (non-hydrogen) atoms. The summed E-state index contributed by atoms with van der Waals surface area (Å²) < 4.78 is 0. The van der Waals surface area contributed by atoms with E-state index < -0.39 is 11.5 Å². The predicted octanol–water partition coefficient (Wildman–Crippen LogP) is 1.58. The Labute approximate surface area is 101 Å². The number of carboxylic acids is 1. The molecular formula is C12H20N2O3. The summed E-state index contributed by atoms with van der Waals surface area (Å²) in [6, 6.07) is 0.290. The summed E-state index contributed by atoms with van der Waals surface area (Å²) in [7, 11) is 0. The molecule has 2 aliphatic carbocycles. The average molecular weight is 240 g/mol. The number of hydrogen-bond donors (Lipinski definition) is 2. The Balaban J connectivity index is 1.93. The first-order valence-electron chi connectivity index (χ1n) is 6.37. The number of amides is 2. The molecule has 0 aromatic carbocycles. The van der Waals surface area contributed by atoms with E-state index in [9.17, 15) is 9.59 Å². The maximum absolute atomic E-state index is 12.1. The topological polar surface area (TPSA) is 69.6 Å². The van der Waals surface area contributed by atoms with Crippen LogP contribution in [0.3, 0.4) is 0 Å². The number of nitrogens with one attached hydrogen (secondary N) is 1. The van der Waals surface area contributed by atoms with Crippen molar-refractivity contribution in [1.82, 2.24) is 10.2 Å². The average Bonchev–Trinajstić information content (AvgIpc) is 2.99. The monoisotopic (exact) mass is 240 g/mol. The minimum Gasteiger partial charge on any atom is -0.481 e. The summed E-state index contributed by atoms with van der Waals surface area (Å²) in [4.78, 5) is 24.7. The number of rotatable bonds is 5. The fourth-order valence-electron chi connectivity index (χ4n) is 2.49. The van der Waals surface area contributed by atoms with Crippen LogP contribution in [-0.2, 0) is 4.79 Å². The van der Waals surface area contributed by atoms with E-state index in [0.29, 0.717) is 12.6 Å². The van der Waals surface area contributed by atoms with Crippen LogP contribution in [0, 0.1) is 0 Å². The van der Waals surface area contributed by atoms with Crippen molar-refractivity contribution in [3.63, 3.8) is 0 Å². The Morgan fingerprint density at radius 3 is 2.41 bits per heavy atom. The number of urea groups is 1. The number of carbonyl (C=O) groups is 2. The highest BCUT2D eigenvalue weighted by Crippen LogP contribution is 2.36. The molecule has 2 fully saturated rings. The molecule has 0 aromatic rings. The van der Waals surface area contributed by atoms with Gasteiger partial charge >= 0.3 is 12.0 Å². The Morgan fingerprint density at radius 2 is 2.06 bits per heavy atom. The molecule has 2 saturated carbocycles. The zero-order valence-corrected chi connectivity index (χ0v) is 10.2. The van der Waals surface area contributed by atoms with Crippen molar-refractivity contribution in [1.29, 1.82) is 0 Å². The molecule has 5 heteroatoms. The SMILES string of the molecule is CCN(C(=O)NC1(CC(=O)O)CCC1)C1CC1. The third-order valence-electron chi connectivity index (χ3n) is 3.76. The Kier molecular flexibility index (Phi) is 3.26. The van der Waals surface area contributed by atoms with Gasteiger partial charge in [-0.25, -0.2) is 4.79 Å². The number of hydrogen-bond acceptors (Lipinski definition) is 2. The summed E-state index contributed by atoms with van der Waals surface area (Å²) >= 11 is 0. The first kappa shape index (κ1) is 12.2. The number of aliphatic carboxylic acids is 1. The summed E-state index contributed by atoms with van der Waals surface area (Å²) in [5, 5.41) is 11.8. The fraction of sp³-hybridized carbons (Fsp3) is 0.833. The van der Waals surface area contributed by atoms with Gasteiger partial charge in [-0.1, -0.05) is 0 Å². The molecule has 2 aliphatic rings. The highest BCUT2D eigenvalue weighted by Gasteiger charge is 2.42. The molecule has 96 valence electrons. The van der Waals surface area contributed by atoms with Gasteiger partial charge < -0.3 is 15.3 Å². The second-order valence-corrected chi connectivity index (χ2v) is 5.15. The summed E-state index contributed by atoms with van der Waals surface area (Å²) in [5.74, 6) is -0.834. The van der Waals surface area contributed by atoms with Gasteiger partial charge in [-0.15, -0.1) is 0 Å². The Hall–Kier alpha value is -1.26. The number of nitrogens with zero attached hydrogens (tertiary/aromatic N) is 1. The van der Waals surface area contributed by atoms with Crippen molar-refractivity contribution in [2.45, 2.75) is 57.0 Å². The van der Waals surface area contributed by atoms with Crippen LogP contribution in [0.5, 0.6) is 0 Å². The lowest BCUT2D eigenvalue weighted by atomic mass is 9.74. The molecule has 0 atom stereocenters. The minimum absolute atomic E-state index is 0.0426. The van der Waals surface area contributed by atoms with Crippen molar-refractivity contribution < 1.29 is 14.7 Å². The summed E-state index contributed by atoms with van der Waals surface area (Å²) in [6.45, 7) is 2.65. The molecule has 0 heterocycles. The summed E-state index contributed by atoms with van der Waals surface area (Å²) in [6.07, 6.45) is 4.77. The first-order valence-corrected chi connectivity index (χ1v) is 6.37. The van der Waals surface area contributed by atoms with Crippen LogP contribution in [0.15, 0.2) is 0 Å². The van der Waals surface area contributed by atoms with Crippen molar-refractivity contribution in [2.24, 2.45) is 0 Å². The van der Waals surface area contributed by atoms with Crippen molar-refractivity contribution in [3.05, 3.63) is 0 Å². The second kappa shape index (κ2) is 4.55. The standard InChI is InChI=1S/C12H20N2O3/c1-2-14(9-4-5-9)11(17)13-12(6-3-7-12)8-10(15)16/h9H,2-8H2,1H3,(H,13,17)(H,15,16). The maximum atomic E-state index is 12.1. The molecule has 0 radical (unpaired) electrons. The lowest BCUT2D eigenvalue weighted by Crippen LogP contribution is -2.58. The van der Waals surface area contributed by atoms with Gasteiger partial charge in [0.1, 0.15) is 0 Å². The van der Waals surface area contributed by atoms with Gasteiger partial charge in [0, 0.05) is 12.6 Å². The van der Waals surface area contributed by atoms with Gasteiger partial charge in [0.05, 0.1) is 12.0 Å². The molecule has 0 unspecified atom stereocenters. The van der Waals surface area contributed by atoms with E-state index in [0.717, 1.165) is 32.1 Å². The molecule has 0 saturated heterocycles. The van der Waals surface area contributed by atoms with Crippen molar-refractivity contribution >= 4 is 12.0 Å². The molecule has 2 amide bonds. The van der Waals surface area contributed by atoms with Gasteiger partial charge in [-0.05, 0) is 39.0 Å². The van der Waals surface area contributed by atoms with Crippen molar-refractivity contribution in [2.75, 3.05) is 6.54 Å². The van der Waals surface area contributed by atoms with E-state index in [2.05, 4.69) is 5.32 Å². The van der Waals surface area contributed by atoms with Gasteiger partial charge in [-0.2, -0.15) is 0 Å². The zero-order valence-electron chi connectivity index (χ0n) is 10.2. The van der Waals surface area contributed by atoms with Gasteiger partial charge in [0.25, 0.3) is 0 Å². The molecule has 0 bridgehead atoms. The predicted molar refractivity (Wildman–Crippen MR) is 62.8 cm³/mol. The van der Waals surface area contributed by atoms with Crippen LogP contribution >= 0.6 is 0 Å². The Morgan fingerprint density at radius 1 is 1.41 bits per heavy atom. The van der Waals surface area contributed by atoms with E-state index in [1.54, 1.807) is 0 Å². The lowest BCUT2D eigenvalue weighted by Gasteiger charge is -2.42. The van der Waals surface area contributed by atoms with E-state index in [-0.39, 0.29) is 12.5 Å². The second-order valence-electron chi connectivity index (χ2n) is 5.15. The molecule has 2 N–H and O–H groups in total. The van der Waals surface area contributed by atoms with Crippen molar-refractivity contribution in [3.8, 4) is 0 Å². The highest BCUT2D eigenvalue weighted by molar-refractivity contribution is 5.77. The van der Waals surface area contributed by atoms with E-state index in [1.807, 2.05) is 11.8 Å². The minimum atomic E-state index is -0.834. The largest absolute Gasteiger partial charge is 0.481 e.